The van der Waals surface area contributed by atoms with E-state index in [0.29, 0.717) is 26.6 Å². The first kappa shape index (κ1) is 27.8. The molecule has 39 heavy (non-hydrogen) atoms. The summed E-state index contributed by atoms with van der Waals surface area (Å²) in [6.07, 6.45) is 5.87. The maximum absolute atomic E-state index is 6.80. The average Bonchev–Trinajstić information content (AvgIpc) is 3.59. The minimum atomic E-state index is -0.626. The van der Waals surface area contributed by atoms with Gasteiger partial charge in [-0.05, 0) is 83.7 Å². The zero-order chi connectivity index (χ0) is 27.6. The molecule has 206 valence electrons. The van der Waals surface area contributed by atoms with E-state index >= 15 is 0 Å². The molecular weight excluding hydrogens is 559 g/mol. The van der Waals surface area contributed by atoms with E-state index in [2.05, 4.69) is 51.3 Å². The molecule has 2 aromatic heterocycles. The van der Waals surface area contributed by atoms with Crippen LogP contribution in [0.25, 0.3) is 0 Å². The Morgan fingerprint density at radius 2 is 1.64 bits per heavy atom. The van der Waals surface area contributed by atoms with Crippen LogP contribution in [0.1, 0.15) is 69.7 Å². The number of piperidine rings is 1. The predicted molar refractivity (Wildman–Crippen MR) is 151 cm³/mol. The van der Waals surface area contributed by atoms with Gasteiger partial charge in [-0.1, -0.05) is 68.1 Å². The van der Waals surface area contributed by atoms with Crippen LogP contribution < -0.4 is 4.74 Å². The lowest BCUT2D eigenvalue weighted by Gasteiger charge is -2.39. The van der Waals surface area contributed by atoms with Crippen molar-refractivity contribution in [1.29, 1.82) is 0 Å². The molecule has 0 spiro atoms. The molecule has 3 heterocycles. The summed E-state index contributed by atoms with van der Waals surface area (Å²) >= 11 is 19.2. The lowest BCUT2D eigenvalue weighted by molar-refractivity contribution is -0.00232. The van der Waals surface area contributed by atoms with E-state index in [1.807, 2.05) is 28.9 Å². The number of hydrogen-bond acceptors (Lipinski definition) is 7. The quantitative estimate of drug-likeness (QED) is 0.227. The van der Waals surface area contributed by atoms with Crippen molar-refractivity contribution in [3.8, 4) is 5.75 Å². The van der Waals surface area contributed by atoms with Gasteiger partial charge >= 0.3 is 0 Å². The van der Waals surface area contributed by atoms with Crippen molar-refractivity contribution >= 4 is 34.8 Å². The van der Waals surface area contributed by atoms with Gasteiger partial charge in [0.05, 0.1) is 6.04 Å². The molecule has 3 atom stereocenters. The number of ether oxygens (including phenoxy) is 1. The second-order valence-electron chi connectivity index (χ2n) is 10.8. The van der Waals surface area contributed by atoms with Gasteiger partial charge in [-0.25, -0.2) is 14.3 Å². The van der Waals surface area contributed by atoms with Crippen molar-refractivity contribution in [2.24, 2.45) is 5.41 Å². The summed E-state index contributed by atoms with van der Waals surface area (Å²) in [4.78, 5) is 6.59. The molecule has 1 fully saturated rings. The van der Waals surface area contributed by atoms with Gasteiger partial charge in [0.15, 0.2) is 5.82 Å². The Labute approximate surface area is 243 Å². The summed E-state index contributed by atoms with van der Waals surface area (Å²) in [5.41, 5.74) is 0.534. The highest BCUT2D eigenvalue weighted by Crippen LogP contribution is 2.43. The third-order valence-corrected chi connectivity index (χ3v) is 7.78. The molecule has 9 nitrogen and oxygen atoms in total. The van der Waals surface area contributed by atoms with Crippen LogP contribution in [0.3, 0.4) is 0 Å². The van der Waals surface area contributed by atoms with Crippen LogP contribution in [0.5, 0.6) is 5.75 Å². The maximum Gasteiger partial charge on any atom is 0.215 e. The number of likely N-dealkylation sites (tertiary alicyclic amines) is 1. The third kappa shape index (κ3) is 6.22. The summed E-state index contributed by atoms with van der Waals surface area (Å²) in [5, 5.41) is 19.6. The number of rotatable bonds is 8. The molecule has 0 radical (unpaired) electrons. The van der Waals surface area contributed by atoms with Crippen molar-refractivity contribution in [2.45, 2.75) is 58.3 Å². The smallest absolute Gasteiger partial charge is 0.215 e. The Bertz CT molecular complexity index is 1360. The first-order valence-electron chi connectivity index (χ1n) is 13.0. The average molecular weight is 590 g/mol. The monoisotopic (exact) mass is 588 g/mol. The third-order valence-electron chi connectivity index (χ3n) is 6.96. The summed E-state index contributed by atoms with van der Waals surface area (Å²) in [7, 11) is 0. The Balaban J connectivity index is 1.64. The van der Waals surface area contributed by atoms with Crippen molar-refractivity contribution in [3.05, 3.63) is 81.6 Å². The first-order valence-corrected chi connectivity index (χ1v) is 14.1. The normalized spacial score (nSPS) is 17.1. The SMILES string of the molecule is CC(C)(C)[C@H]([C@H](Oc1ccc(Cl)cc1)n1cncn1)n1nnnc1[C@H](c1ccc(Cl)cc1Cl)N1CCCCC1. The molecule has 0 N–H and O–H groups in total. The largest absolute Gasteiger partial charge is 0.466 e. The van der Waals surface area contributed by atoms with Crippen molar-refractivity contribution in [2.75, 3.05) is 13.1 Å². The fraction of sp³-hybridized carbons (Fsp3) is 0.444. The molecule has 4 aromatic rings. The Hall–Kier alpha value is -2.72. The van der Waals surface area contributed by atoms with Crippen LogP contribution in [-0.2, 0) is 0 Å². The lowest BCUT2D eigenvalue weighted by atomic mass is 9.85. The van der Waals surface area contributed by atoms with Gasteiger partial charge in [0, 0.05) is 15.1 Å². The van der Waals surface area contributed by atoms with Crippen molar-refractivity contribution in [1.82, 2.24) is 39.9 Å². The van der Waals surface area contributed by atoms with Gasteiger partial charge in [-0.2, -0.15) is 5.10 Å². The predicted octanol–water partition coefficient (Wildman–Crippen LogP) is 6.67. The molecule has 2 aromatic carbocycles. The Kier molecular flexibility index (Phi) is 8.42. The number of nitrogens with zero attached hydrogens (tertiary/aromatic N) is 8. The molecule has 0 aliphatic carbocycles. The molecule has 0 amide bonds. The van der Waals surface area contributed by atoms with Crippen LogP contribution in [0.15, 0.2) is 55.1 Å². The highest BCUT2D eigenvalue weighted by molar-refractivity contribution is 6.35. The minimum Gasteiger partial charge on any atom is -0.466 e. The molecule has 0 unspecified atom stereocenters. The van der Waals surface area contributed by atoms with Gasteiger partial charge in [0.1, 0.15) is 24.4 Å². The number of benzene rings is 2. The Morgan fingerprint density at radius 3 is 2.28 bits per heavy atom. The number of aromatic nitrogens is 7. The standard InChI is InChI=1S/C27H31Cl3N8O/c1-27(2,3)24(26(37-17-31-16-32-37)39-20-10-7-18(28)8-11-20)38-25(33-34-35-38)23(36-13-5-4-6-14-36)21-12-9-19(29)15-22(21)30/h7-12,15-17,23-24,26H,4-6,13-14H2,1-3H3/t23-,24-,26-/m0/s1. The van der Waals surface area contributed by atoms with E-state index in [1.165, 1.54) is 12.7 Å². The molecule has 1 saturated heterocycles. The van der Waals surface area contributed by atoms with Crippen molar-refractivity contribution in [3.63, 3.8) is 0 Å². The van der Waals surface area contributed by atoms with E-state index in [1.54, 1.807) is 29.2 Å². The van der Waals surface area contributed by atoms with Crippen LogP contribution in [-0.4, -0.2) is 53.0 Å². The van der Waals surface area contributed by atoms with Gasteiger partial charge in [-0.3, -0.25) is 4.90 Å². The second kappa shape index (κ2) is 11.8. The summed E-state index contributed by atoms with van der Waals surface area (Å²) in [6.45, 7) is 8.20. The molecular formula is C27H31Cl3N8O. The van der Waals surface area contributed by atoms with E-state index < -0.39 is 12.3 Å². The lowest BCUT2D eigenvalue weighted by Crippen LogP contribution is -2.41. The van der Waals surface area contributed by atoms with Gasteiger partial charge in [0.2, 0.25) is 6.23 Å². The maximum atomic E-state index is 6.80. The summed E-state index contributed by atoms with van der Waals surface area (Å²) in [5.74, 6) is 1.31. The summed E-state index contributed by atoms with van der Waals surface area (Å²) < 4.78 is 10.1. The molecule has 1 aliphatic rings. The molecule has 1 aliphatic heterocycles. The van der Waals surface area contributed by atoms with Crippen LogP contribution in [0, 0.1) is 5.41 Å². The van der Waals surface area contributed by atoms with E-state index in [4.69, 9.17) is 39.5 Å². The molecule has 0 bridgehead atoms. The molecule has 12 heteroatoms. The van der Waals surface area contributed by atoms with Crippen molar-refractivity contribution < 1.29 is 4.74 Å². The van der Waals surface area contributed by atoms with Crippen LogP contribution >= 0.6 is 34.8 Å². The molecule has 0 saturated carbocycles. The highest BCUT2D eigenvalue weighted by atomic mass is 35.5. The first-order chi connectivity index (χ1) is 18.7. The molecule has 5 rings (SSSR count). The van der Waals surface area contributed by atoms with E-state index in [0.717, 1.165) is 31.5 Å². The topological polar surface area (TPSA) is 86.8 Å². The highest BCUT2D eigenvalue weighted by Gasteiger charge is 2.42. The van der Waals surface area contributed by atoms with E-state index in [-0.39, 0.29) is 11.5 Å². The van der Waals surface area contributed by atoms with Gasteiger partial charge < -0.3 is 4.74 Å². The van der Waals surface area contributed by atoms with E-state index in [9.17, 15) is 0 Å². The van der Waals surface area contributed by atoms with Gasteiger partial charge in [0.25, 0.3) is 0 Å². The fourth-order valence-electron chi connectivity index (χ4n) is 5.16. The zero-order valence-electron chi connectivity index (χ0n) is 22.1. The van der Waals surface area contributed by atoms with Crippen LogP contribution in [0.4, 0.5) is 0 Å². The second-order valence-corrected chi connectivity index (χ2v) is 12.1. The fourth-order valence-corrected chi connectivity index (χ4v) is 5.80. The minimum absolute atomic E-state index is 0.276. The number of tetrazole rings is 1. The van der Waals surface area contributed by atoms with Crippen LogP contribution in [0.2, 0.25) is 15.1 Å². The summed E-state index contributed by atoms with van der Waals surface area (Å²) in [6, 6.07) is 12.2. The zero-order valence-corrected chi connectivity index (χ0v) is 24.4. The number of halogens is 3. The number of hydrogen-bond donors (Lipinski definition) is 0. The Morgan fingerprint density at radius 1 is 0.923 bits per heavy atom. The van der Waals surface area contributed by atoms with Gasteiger partial charge in [-0.15, -0.1) is 5.10 Å².